The van der Waals surface area contributed by atoms with Crippen LogP contribution in [0.5, 0.6) is 0 Å². The van der Waals surface area contributed by atoms with Crippen molar-refractivity contribution in [2.45, 2.75) is 32.2 Å². The first-order chi connectivity index (χ1) is 11.3. The van der Waals surface area contributed by atoms with E-state index in [0.29, 0.717) is 17.0 Å². The van der Waals surface area contributed by atoms with E-state index in [4.69, 9.17) is 5.11 Å². The minimum absolute atomic E-state index is 0.0171. The zero-order valence-corrected chi connectivity index (χ0v) is 13.5. The molecule has 2 aliphatic rings. The van der Waals surface area contributed by atoms with Crippen molar-refractivity contribution in [2.24, 2.45) is 0 Å². The summed E-state index contributed by atoms with van der Waals surface area (Å²) in [5, 5.41) is 8.54. The number of carboxylic acids is 1. The number of fused-ring (bicyclic) bond motifs is 1. The van der Waals surface area contributed by atoms with Crippen LogP contribution in [0.15, 0.2) is 34.8 Å². The molecule has 5 nitrogen and oxygen atoms in total. The third-order valence-corrected chi connectivity index (χ3v) is 5.09. The molecule has 1 aliphatic heterocycles. The van der Waals surface area contributed by atoms with Crippen molar-refractivity contribution in [1.82, 2.24) is 4.90 Å². The van der Waals surface area contributed by atoms with Gasteiger partial charge in [0.2, 0.25) is 0 Å². The Bertz CT molecular complexity index is 824. The number of carboxylic acid groups (broad SMARTS) is 1. The molecule has 1 aromatic rings. The second-order valence-electron chi connectivity index (χ2n) is 5.62. The summed E-state index contributed by atoms with van der Waals surface area (Å²) < 4.78 is 27.6. The third-order valence-electron chi connectivity index (χ3n) is 4.23. The summed E-state index contributed by atoms with van der Waals surface area (Å²) in [5.74, 6) is -3.37. The average Bonchev–Trinajstić information content (AvgIpc) is 3.05. The number of amides is 1. The molecule has 1 amide bonds. The highest BCUT2D eigenvalue weighted by Crippen LogP contribution is 2.43. The van der Waals surface area contributed by atoms with Crippen molar-refractivity contribution in [3.05, 3.63) is 44.8 Å². The Morgan fingerprint density at radius 3 is 2.67 bits per heavy atom. The van der Waals surface area contributed by atoms with E-state index in [1.807, 2.05) is 0 Å². The lowest BCUT2D eigenvalue weighted by atomic mass is 9.88. The average molecular weight is 353 g/mol. The highest BCUT2D eigenvalue weighted by molar-refractivity contribution is 7.12. The second kappa shape index (κ2) is 5.94. The molecular weight excluding hydrogens is 340 g/mol. The number of aliphatic carboxylic acids is 1. The molecule has 0 bridgehead atoms. The number of hydrogen-bond acceptors (Lipinski definition) is 4. The van der Waals surface area contributed by atoms with E-state index in [2.05, 4.69) is 0 Å². The molecule has 0 fully saturated rings. The Morgan fingerprint density at radius 1 is 1.38 bits per heavy atom. The van der Waals surface area contributed by atoms with Gasteiger partial charge in [-0.3, -0.25) is 14.4 Å². The number of allylic oxidation sites excluding steroid dienone is 2. The Kier molecular flexibility index (Phi) is 4.08. The third kappa shape index (κ3) is 2.56. The summed E-state index contributed by atoms with van der Waals surface area (Å²) in [6, 6.07) is 1.76. The fourth-order valence-corrected chi connectivity index (χ4v) is 3.87. The van der Waals surface area contributed by atoms with Gasteiger partial charge < -0.3 is 10.0 Å². The molecular formula is C16H13F2NO4S. The highest BCUT2D eigenvalue weighted by Gasteiger charge is 2.44. The van der Waals surface area contributed by atoms with Gasteiger partial charge in [0, 0.05) is 17.7 Å². The summed E-state index contributed by atoms with van der Waals surface area (Å²) in [7, 11) is 0. The van der Waals surface area contributed by atoms with Crippen molar-refractivity contribution in [1.29, 1.82) is 0 Å². The zero-order chi connectivity index (χ0) is 17.6. The maximum atomic E-state index is 14.4. The van der Waals surface area contributed by atoms with Gasteiger partial charge in [0.25, 0.3) is 5.91 Å². The van der Waals surface area contributed by atoms with Crippen LogP contribution >= 0.6 is 11.3 Å². The van der Waals surface area contributed by atoms with Crippen LogP contribution in [0.1, 0.15) is 35.9 Å². The number of carbonyl (C=O) groups is 3. The quantitative estimate of drug-likeness (QED) is 0.906. The molecule has 0 aromatic carbocycles. The Labute approximate surface area is 139 Å². The number of ketones is 1. The predicted octanol–water partition coefficient (Wildman–Crippen LogP) is 3.05. The standard InChI is InChI=1S/C16H13F2NO4S/c1-7-8(6-13(21)22)14-9(2-3-10(20)15(14)18)19(7)16(23)11-4-5-12(17)24-11/h4-5,9H,2-3,6H2,1H3,(H,21,22). The first-order valence-corrected chi connectivity index (χ1v) is 8.06. The van der Waals surface area contributed by atoms with Crippen LogP contribution in [-0.4, -0.2) is 33.7 Å². The van der Waals surface area contributed by atoms with Gasteiger partial charge in [-0.2, -0.15) is 4.39 Å². The molecule has 126 valence electrons. The van der Waals surface area contributed by atoms with E-state index in [1.165, 1.54) is 17.9 Å². The van der Waals surface area contributed by atoms with Crippen LogP contribution < -0.4 is 0 Å². The Balaban J connectivity index is 2.10. The minimum atomic E-state index is -1.18. The van der Waals surface area contributed by atoms with Crippen LogP contribution in [0.25, 0.3) is 0 Å². The maximum absolute atomic E-state index is 14.4. The molecule has 0 spiro atoms. The molecule has 3 rings (SSSR count). The van der Waals surface area contributed by atoms with Crippen LogP contribution in [0, 0.1) is 5.13 Å². The molecule has 0 radical (unpaired) electrons. The van der Waals surface area contributed by atoms with E-state index in [1.54, 1.807) is 0 Å². The monoisotopic (exact) mass is 353 g/mol. The number of hydrogen-bond donors (Lipinski definition) is 1. The summed E-state index contributed by atoms with van der Waals surface area (Å²) >= 11 is 0.667. The minimum Gasteiger partial charge on any atom is -0.481 e. The highest BCUT2D eigenvalue weighted by atomic mass is 32.1. The molecule has 8 heteroatoms. The lowest BCUT2D eigenvalue weighted by Crippen LogP contribution is -2.38. The number of Topliss-reactive ketones (excluding diaryl/α,β-unsaturated/α-hetero) is 1. The van der Waals surface area contributed by atoms with Gasteiger partial charge in [0.05, 0.1) is 17.3 Å². The zero-order valence-electron chi connectivity index (χ0n) is 12.6. The van der Waals surface area contributed by atoms with E-state index in [9.17, 15) is 23.2 Å². The maximum Gasteiger partial charge on any atom is 0.307 e. The topological polar surface area (TPSA) is 74.7 Å². The number of thiophene rings is 1. The largest absolute Gasteiger partial charge is 0.481 e. The van der Waals surface area contributed by atoms with Crippen molar-refractivity contribution in [2.75, 3.05) is 0 Å². The number of carbonyl (C=O) groups excluding carboxylic acids is 2. The van der Waals surface area contributed by atoms with Crippen LogP contribution in [0.2, 0.25) is 0 Å². The van der Waals surface area contributed by atoms with Gasteiger partial charge in [-0.1, -0.05) is 0 Å². The van der Waals surface area contributed by atoms with Gasteiger partial charge in [-0.15, -0.1) is 11.3 Å². The molecule has 24 heavy (non-hydrogen) atoms. The summed E-state index contributed by atoms with van der Waals surface area (Å²) in [4.78, 5) is 36.9. The smallest absolute Gasteiger partial charge is 0.307 e. The normalized spacial score (nSPS) is 20.7. The van der Waals surface area contributed by atoms with Gasteiger partial charge in [-0.25, -0.2) is 4.39 Å². The predicted molar refractivity (Wildman–Crippen MR) is 81.6 cm³/mol. The molecule has 1 atom stereocenters. The summed E-state index contributed by atoms with van der Waals surface area (Å²) in [5.41, 5.74) is 0.418. The summed E-state index contributed by atoms with van der Waals surface area (Å²) in [6.07, 6.45) is -0.335. The lowest BCUT2D eigenvalue weighted by Gasteiger charge is -2.29. The van der Waals surface area contributed by atoms with Gasteiger partial charge >= 0.3 is 5.97 Å². The van der Waals surface area contributed by atoms with Gasteiger partial charge in [0.1, 0.15) is 0 Å². The molecule has 1 aromatic heterocycles. The van der Waals surface area contributed by atoms with E-state index in [-0.39, 0.29) is 28.9 Å². The molecule has 0 saturated carbocycles. The Hall–Kier alpha value is -2.35. The number of rotatable bonds is 3. The van der Waals surface area contributed by atoms with Crippen molar-refractivity contribution < 1.29 is 28.3 Å². The SMILES string of the molecule is CC1=C(CC(=O)O)C2=C(F)C(=O)CCC2N1C(=O)c1ccc(F)s1. The van der Waals surface area contributed by atoms with Crippen molar-refractivity contribution in [3.8, 4) is 0 Å². The number of halogens is 2. The van der Waals surface area contributed by atoms with Crippen LogP contribution in [0.4, 0.5) is 8.78 Å². The van der Waals surface area contributed by atoms with Crippen molar-refractivity contribution in [3.63, 3.8) is 0 Å². The molecule has 1 N–H and O–H groups in total. The Morgan fingerprint density at radius 2 is 2.08 bits per heavy atom. The summed E-state index contributed by atoms with van der Waals surface area (Å²) in [6.45, 7) is 1.52. The molecule has 1 aliphatic carbocycles. The first kappa shape index (κ1) is 16.5. The fraction of sp³-hybridized carbons (Fsp3) is 0.312. The second-order valence-corrected chi connectivity index (χ2v) is 6.65. The van der Waals surface area contributed by atoms with E-state index < -0.39 is 41.1 Å². The van der Waals surface area contributed by atoms with E-state index >= 15 is 0 Å². The van der Waals surface area contributed by atoms with E-state index in [0.717, 1.165) is 6.07 Å². The van der Waals surface area contributed by atoms with Crippen LogP contribution in [0.3, 0.4) is 0 Å². The fourth-order valence-electron chi connectivity index (χ4n) is 3.20. The van der Waals surface area contributed by atoms with Crippen molar-refractivity contribution >= 4 is 29.0 Å². The molecule has 1 unspecified atom stereocenters. The lowest BCUT2D eigenvalue weighted by molar-refractivity contribution is -0.136. The molecule has 2 heterocycles. The molecule has 0 saturated heterocycles. The van der Waals surface area contributed by atoms with Gasteiger partial charge in [-0.05, 0) is 31.1 Å². The van der Waals surface area contributed by atoms with Gasteiger partial charge in [0.15, 0.2) is 16.7 Å². The number of nitrogens with zero attached hydrogens (tertiary/aromatic N) is 1. The first-order valence-electron chi connectivity index (χ1n) is 7.25. The van der Waals surface area contributed by atoms with Crippen LogP contribution in [-0.2, 0) is 9.59 Å².